The van der Waals surface area contributed by atoms with Gasteiger partial charge in [0.2, 0.25) is 0 Å². The smallest absolute Gasteiger partial charge is 0.276 e. The summed E-state index contributed by atoms with van der Waals surface area (Å²) in [7, 11) is 0. The van der Waals surface area contributed by atoms with Gasteiger partial charge in [-0.25, -0.2) is 0 Å². The third-order valence-electron chi connectivity index (χ3n) is 4.69. The van der Waals surface area contributed by atoms with Crippen LogP contribution in [-0.4, -0.2) is 38.6 Å². The van der Waals surface area contributed by atoms with E-state index in [2.05, 4.69) is 20.8 Å². The second kappa shape index (κ2) is 7.88. The number of nitrogens with one attached hydrogen (secondary N) is 2. The molecule has 26 heavy (non-hydrogen) atoms. The fourth-order valence-electron chi connectivity index (χ4n) is 3.32. The second-order valence-electron chi connectivity index (χ2n) is 6.37. The number of anilines is 1. The van der Waals surface area contributed by atoms with Crippen molar-refractivity contribution in [1.82, 2.24) is 24.9 Å². The second-order valence-corrected chi connectivity index (χ2v) is 6.37. The molecule has 1 aliphatic rings. The number of nitrogens with zero attached hydrogens (tertiary/aromatic N) is 4. The summed E-state index contributed by atoms with van der Waals surface area (Å²) < 4.78 is 3.81. The largest absolute Gasteiger partial charge is 0.321 e. The summed E-state index contributed by atoms with van der Waals surface area (Å²) in [4.78, 5) is 12.5. The van der Waals surface area contributed by atoms with Crippen LogP contribution in [0.5, 0.6) is 0 Å². The minimum atomic E-state index is -0.190. The number of benzene rings is 1. The summed E-state index contributed by atoms with van der Waals surface area (Å²) in [6.07, 6.45) is 5.96. The molecular formula is C18H23ClN6O. The maximum Gasteiger partial charge on any atom is 0.276 e. The van der Waals surface area contributed by atoms with Crippen LogP contribution in [0.25, 0.3) is 10.9 Å². The number of amides is 1. The number of aromatic nitrogens is 4. The molecule has 1 saturated heterocycles. The number of aryl methyl sites for hydroxylation is 1. The molecule has 1 amide bonds. The van der Waals surface area contributed by atoms with Gasteiger partial charge in [0.25, 0.3) is 5.91 Å². The zero-order chi connectivity index (χ0) is 17.2. The maximum atomic E-state index is 12.5. The molecule has 1 fully saturated rings. The Hall–Kier alpha value is -2.38. The molecule has 1 atom stereocenters. The number of hydrogen-bond acceptors (Lipinski definition) is 4. The van der Waals surface area contributed by atoms with Crippen LogP contribution in [0.1, 0.15) is 36.3 Å². The summed E-state index contributed by atoms with van der Waals surface area (Å²) in [6.45, 7) is 4.80. The third kappa shape index (κ3) is 3.59. The Labute approximate surface area is 158 Å². The van der Waals surface area contributed by atoms with E-state index in [4.69, 9.17) is 0 Å². The molecule has 2 N–H and O–H groups in total. The lowest BCUT2D eigenvalue weighted by Gasteiger charge is -2.22. The minimum Gasteiger partial charge on any atom is -0.321 e. The lowest BCUT2D eigenvalue weighted by atomic mass is 10.1. The van der Waals surface area contributed by atoms with Crippen LogP contribution >= 0.6 is 12.4 Å². The Balaban J connectivity index is 0.00000196. The molecule has 8 heteroatoms. The van der Waals surface area contributed by atoms with Gasteiger partial charge in [-0.1, -0.05) is 0 Å². The molecule has 4 rings (SSSR count). The van der Waals surface area contributed by atoms with Crippen LogP contribution in [0, 0.1) is 0 Å². The van der Waals surface area contributed by atoms with Gasteiger partial charge < -0.3 is 10.6 Å². The summed E-state index contributed by atoms with van der Waals surface area (Å²) in [5, 5.41) is 16.2. The van der Waals surface area contributed by atoms with Gasteiger partial charge in [-0.2, -0.15) is 10.2 Å². The van der Waals surface area contributed by atoms with Crippen molar-refractivity contribution in [1.29, 1.82) is 0 Å². The molecule has 0 aliphatic carbocycles. The van der Waals surface area contributed by atoms with E-state index in [9.17, 15) is 4.79 Å². The molecule has 3 aromatic rings. The van der Waals surface area contributed by atoms with Crippen LogP contribution in [-0.2, 0) is 6.54 Å². The lowest BCUT2D eigenvalue weighted by Crippen LogP contribution is -2.32. The molecule has 2 aromatic heterocycles. The van der Waals surface area contributed by atoms with Crippen LogP contribution in [0.2, 0.25) is 0 Å². The highest BCUT2D eigenvalue weighted by Crippen LogP contribution is 2.20. The first kappa shape index (κ1) is 18.4. The van der Waals surface area contributed by atoms with Gasteiger partial charge in [0.1, 0.15) is 0 Å². The van der Waals surface area contributed by atoms with E-state index in [0.29, 0.717) is 11.7 Å². The van der Waals surface area contributed by atoms with Gasteiger partial charge in [-0.3, -0.25) is 14.2 Å². The number of rotatable bonds is 4. The highest BCUT2D eigenvalue weighted by Gasteiger charge is 2.18. The molecule has 7 nitrogen and oxygen atoms in total. The molecular weight excluding hydrogens is 352 g/mol. The normalized spacial score (nSPS) is 17.0. The molecule has 0 saturated carbocycles. The van der Waals surface area contributed by atoms with E-state index in [0.717, 1.165) is 49.1 Å². The van der Waals surface area contributed by atoms with Crippen molar-refractivity contribution < 1.29 is 4.79 Å². The molecule has 1 aliphatic heterocycles. The number of halogens is 1. The van der Waals surface area contributed by atoms with Crippen molar-refractivity contribution in [3.63, 3.8) is 0 Å². The number of carbonyl (C=O) groups is 1. The lowest BCUT2D eigenvalue weighted by molar-refractivity contribution is 0.102. The number of hydrogen-bond donors (Lipinski definition) is 2. The van der Waals surface area contributed by atoms with Crippen LogP contribution < -0.4 is 10.6 Å². The minimum absolute atomic E-state index is 0. The summed E-state index contributed by atoms with van der Waals surface area (Å²) in [5.41, 5.74) is 2.20. The average molecular weight is 375 g/mol. The Bertz CT molecular complexity index is 896. The zero-order valence-electron chi connectivity index (χ0n) is 14.7. The van der Waals surface area contributed by atoms with Crippen molar-refractivity contribution in [2.75, 3.05) is 18.4 Å². The van der Waals surface area contributed by atoms with Gasteiger partial charge >= 0.3 is 0 Å². The highest BCUT2D eigenvalue weighted by atomic mass is 35.5. The van der Waals surface area contributed by atoms with E-state index in [-0.39, 0.29) is 18.3 Å². The van der Waals surface area contributed by atoms with Gasteiger partial charge in [0, 0.05) is 30.4 Å². The highest BCUT2D eigenvalue weighted by molar-refractivity contribution is 6.03. The van der Waals surface area contributed by atoms with Gasteiger partial charge in [0.05, 0.1) is 17.8 Å². The van der Waals surface area contributed by atoms with Gasteiger partial charge in [0.15, 0.2) is 5.69 Å². The van der Waals surface area contributed by atoms with E-state index >= 15 is 0 Å². The van der Waals surface area contributed by atoms with Crippen molar-refractivity contribution in [2.24, 2.45) is 0 Å². The molecule has 1 aromatic carbocycles. The molecule has 3 heterocycles. The first-order valence-electron chi connectivity index (χ1n) is 8.77. The van der Waals surface area contributed by atoms with E-state index in [1.54, 1.807) is 6.07 Å². The van der Waals surface area contributed by atoms with Crippen molar-refractivity contribution in [3.8, 4) is 0 Å². The van der Waals surface area contributed by atoms with Crippen LogP contribution in [0.15, 0.2) is 36.7 Å². The Morgan fingerprint density at radius 3 is 3.04 bits per heavy atom. The van der Waals surface area contributed by atoms with Crippen molar-refractivity contribution in [3.05, 3.63) is 42.4 Å². The van der Waals surface area contributed by atoms with Crippen molar-refractivity contribution >= 4 is 34.9 Å². The fourth-order valence-corrected chi connectivity index (χ4v) is 3.32. The molecule has 138 valence electrons. The summed E-state index contributed by atoms with van der Waals surface area (Å²) >= 11 is 0. The molecule has 1 unspecified atom stereocenters. The van der Waals surface area contributed by atoms with Crippen LogP contribution in [0.4, 0.5) is 5.69 Å². The molecule has 0 radical (unpaired) electrons. The topological polar surface area (TPSA) is 76.8 Å². The third-order valence-corrected chi connectivity index (χ3v) is 4.69. The number of piperidine rings is 1. The Morgan fingerprint density at radius 1 is 1.38 bits per heavy atom. The monoisotopic (exact) mass is 374 g/mol. The first-order valence-corrected chi connectivity index (χ1v) is 8.77. The fraction of sp³-hybridized carbons (Fsp3) is 0.389. The van der Waals surface area contributed by atoms with E-state index in [1.165, 1.54) is 0 Å². The molecule has 0 bridgehead atoms. The Morgan fingerprint density at radius 2 is 2.27 bits per heavy atom. The standard InChI is InChI=1S/C18H22N6O.ClH/c1-2-23-17-10-14(6-5-13(17)11-20-23)21-18(25)16-7-9-24(22-16)15-4-3-8-19-12-15;/h5-7,9-11,15,19H,2-4,8,12H2,1H3,(H,21,25);1H. The summed E-state index contributed by atoms with van der Waals surface area (Å²) in [5.74, 6) is -0.190. The predicted molar refractivity (Wildman–Crippen MR) is 104 cm³/mol. The van der Waals surface area contributed by atoms with Gasteiger partial charge in [-0.15, -0.1) is 12.4 Å². The average Bonchev–Trinajstić information content (AvgIpc) is 3.29. The van der Waals surface area contributed by atoms with E-state index < -0.39 is 0 Å². The van der Waals surface area contributed by atoms with Gasteiger partial charge in [-0.05, 0) is 50.6 Å². The zero-order valence-corrected chi connectivity index (χ0v) is 15.5. The van der Waals surface area contributed by atoms with E-state index in [1.807, 2.05) is 46.9 Å². The van der Waals surface area contributed by atoms with Crippen LogP contribution in [0.3, 0.4) is 0 Å². The van der Waals surface area contributed by atoms with Crippen molar-refractivity contribution in [2.45, 2.75) is 32.4 Å². The number of fused-ring (bicyclic) bond motifs is 1. The SMILES string of the molecule is CCn1ncc2ccc(NC(=O)c3ccn(C4CCCNC4)n3)cc21.Cl. The molecule has 0 spiro atoms. The Kier molecular flexibility index (Phi) is 5.58. The quantitative estimate of drug-likeness (QED) is 0.736. The summed E-state index contributed by atoms with van der Waals surface area (Å²) in [6, 6.07) is 7.91. The first-order chi connectivity index (χ1) is 12.2. The number of carbonyl (C=O) groups excluding carboxylic acids is 1. The predicted octanol–water partition coefficient (Wildman–Crippen LogP) is 2.85. The maximum absolute atomic E-state index is 12.5.